The van der Waals surface area contributed by atoms with E-state index in [0.29, 0.717) is 5.33 Å². The van der Waals surface area contributed by atoms with Crippen LogP contribution in [0, 0.1) is 30.2 Å². The molecule has 4 nitrogen and oxygen atoms in total. The Kier molecular flexibility index (Phi) is 9.23. The van der Waals surface area contributed by atoms with Gasteiger partial charge in [0.05, 0.1) is 18.0 Å². The molecule has 0 bridgehead atoms. The van der Waals surface area contributed by atoms with Gasteiger partial charge < -0.3 is 5.32 Å². The molecule has 1 fully saturated rings. The Morgan fingerprint density at radius 1 is 1.63 bits per heavy atom. The summed E-state index contributed by atoms with van der Waals surface area (Å²) in [6.07, 6.45) is 7.88. The van der Waals surface area contributed by atoms with Crippen molar-refractivity contribution in [3.8, 4) is 18.4 Å². The summed E-state index contributed by atoms with van der Waals surface area (Å²) >= 11 is 3.01. The molecule has 1 aliphatic carbocycles. The van der Waals surface area contributed by atoms with E-state index in [1.54, 1.807) is 0 Å². The Bertz CT molecular complexity index is 437. The lowest BCUT2D eigenvalue weighted by atomic mass is 9.89. The molecule has 0 aromatic rings. The molecule has 1 N–H and O–H groups in total. The number of nitriles is 1. The second kappa shape index (κ2) is 10.2. The van der Waals surface area contributed by atoms with Crippen molar-refractivity contribution in [3.63, 3.8) is 0 Å². The zero-order chi connectivity index (χ0) is 14.7. The fraction of sp³-hybridized carbons (Fsp3) is 0.500. The van der Waals surface area contributed by atoms with E-state index < -0.39 is 0 Å². The monoisotopic (exact) mass is 321 g/mol. The first-order chi connectivity index (χ1) is 9.08. The maximum absolute atomic E-state index is 10.8. The van der Waals surface area contributed by atoms with Crippen molar-refractivity contribution in [2.24, 2.45) is 0 Å². The second-order valence-corrected chi connectivity index (χ2v) is 4.55. The molecule has 1 saturated carbocycles. The van der Waals surface area contributed by atoms with Crippen molar-refractivity contribution in [2.75, 3.05) is 5.33 Å². The highest BCUT2D eigenvalue weighted by molar-refractivity contribution is 9.09. The van der Waals surface area contributed by atoms with Gasteiger partial charge in [-0.25, -0.2) is 10.1 Å². The summed E-state index contributed by atoms with van der Waals surface area (Å²) in [4.78, 5) is 14.0. The standard InChI is InChI=1S/C11H13N3O.C3H3Br/c1-8(15)14-10-5-3-9(4-6-10)11(7-12)13-2;1-2-3-4/h10H,3-6H2,1H3,(H,14,15);1H,3H2. The predicted molar refractivity (Wildman–Crippen MR) is 77.9 cm³/mol. The van der Waals surface area contributed by atoms with Gasteiger partial charge in [0.15, 0.2) is 0 Å². The molecule has 1 aliphatic rings. The first-order valence-corrected chi connectivity index (χ1v) is 6.97. The number of alkyl halides is 1. The highest BCUT2D eigenvalue weighted by Crippen LogP contribution is 2.26. The van der Waals surface area contributed by atoms with E-state index in [-0.39, 0.29) is 17.6 Å². The number of allylic oxidation sites excluding steroid dienone is 2. The molecule has 5 heteroatoms. The lowest BCUT2D eigenvalue weighted by Gasteiger charge is -2.24. The third kappa shape index (κ3) is 7.29. The Balaban J connectivity index is 0.000000711. The molecule has 0 atom stereocenters. The van der Waals surface area contributed by atoms with E-state index in [9.17, 15) is 4.79 Å². The van der Waals surface area contributed by atoms with Gasteiger partial charge in [-0.05, 0) is 25.7 Å². The lowest BCUT2D eigenvalue weighted by Crippen LogP contribution is -2.34. The minimum absolute atomic E-state index is 0.0156. The van der Waals surface area contributed by atoms with Gasteiger partial charge in [-0.15, -0.1) is 6.42 Å². The van der Waals surface area contributed by atoms with E-state index in [1.807, 2.05) is 6.07 Å². The summed E-state index contributed by atoms with van der Waals surface area (Å²) in [7, 11) is 0. The topological polar surface area (TPSA) is 57.2 Å². The summed E-state index contributed by atoms with van der Waals surface area (Å²) < 4.78 is 0. The molecule has 100 valence electrons. The normalized spacial score (nSPS) is 16.8. The summed E-state index contributed by atoms with van der Waals surface area (Å²) in [6.45, 7) is 8.34. The van der Waals surface area contributed by atoms with Crippen LogP contribution in [-0.4, -0.2) is 17.3 Å². The number of terminal acetylenes is 1. The minimum Gasteiger partial charge on any atom is -0.354 e. The quantitative estimate of drug-likeness (QED) is 0.349. The first-order valence-electron chi connectivity index (χ1n) is 5.85. The highest BCUT2D eigenvalue weighted by Gasteiger charge is 2.19. The average Bonchev–Trinajstić information content (AvgIpc) is 2.42. The Labute approximate surface area is 122 Å². The van der Waals surface area contributed by atoms with Gasteiger partial charge in [0.1, 0.15) is 0 Å². The van der Waals surface area contributed by atoms with Gasteiger partial charge in [0, 0.05) is 13.0 Å². The van der Waals surface area contributed by atoms with Crippen LogP contribution in [0.5, 0.6) is 0 Å². The number of carbonyl (C=O) groups is 1. The van der Waals surface area contributed by atoms with Gasteiger partial charge in [0.2, 0.25) is 5.91 Å². The van der Waals surface area contributed by atoms with Crippen LogP contribution in [0.15, 0.2) is 11.3 Å². The molecule has 0 aliphatic heterocycles. The summed E-state index contributed by atoms with van der Waals surface area (Å²) in [5, 5.41) is 12.2. The van der Waals surface area contributed by atoms with Crippen molar-refractivity contribution >= 4 is 21.8 Å². The molecule has 0 aromatic heterocycles. The molecule has 0 unspecified atom stereocenters. The fourth-order valence-corrected chi connectivity index (χ4v) is 1.82. The van der Waals surface area contributed by atoms with E-state index in [4.69, 9.17) is 18.3 Å². The van der Waals surface area contributed by atoms with Crippen LogP contribution in [0.2, 0.25) is 0 Å². The van der Waals surface area contributed by atoms with Crippen molar-refractivity contribution in [3.05, 3.63) is 22.7 Å². The smallest absolute Gasteiger partial charge is 0.261 e. The Morgan fingerprint density at radius 3 is 2.47 bits per heavy atom. The van der Waals surface area contributed by atoms with Crippen molar-refractivity contribution in [1.29, 1.82) is 5.26 Å². The summed E-state index contributed by atoms with van der Waals surface area (Å²) in [6, 6.07) is 2.12. The number of nitrogens with one attached hydrogen (secondary N) is 1. The van der Waals surface area contributed by atoms with Crippen molar-refractivity contribution in [2.45, 2.75) is 38.6 Å². The third-order valence-electron chi connectivity index (χ3n) is 2.63. The number of halogens is 1. The lowest BCUT2D eigenvalue weighted by molar-refractivity contribution is -0.119. The van der Waals surface area contributed by atoms with E-state index >= 15 is 0 Å². The molecule has 0 heterocycles. The second-order valence-electron chi connectivity index (χ2n) is 3.99. The summed E-state index contributed by atoms with van der Waals surface area (Å²) in [5.41, 5.74) is 1.17. The molecule has 0 saturated heterocycles. The molecular weight excluding hydrogens is 306 g/mol. The van der Waals surface area contributed by atoms with Crippen LogP contribution >= 0.6 is 15.9 Å². The number of nitrogens with zero attached hydrogens (tertiary/aromatic N) is 2. The van der Waals surface area contributed by atoms with Gasteiger partial charge in [-0.2, -0.15) is 0 Å². The van der Waals surface area contributed by atoms with Crippen LogP contribution in [-0.2, 0) is 4.79 Å². The van der Waals surface area contributed by atoms with Gasteiger partial charge in [0.25, 0.3) is 5.70 Å². The molecule has 19 heavy (non-hydrogen) atoms. The van der Waals surface area contributed by atoms with Crippen LogP contribution in [0.1, 0.15) is 32.6 Å². The fourth-order valence-electron chi connectivity index (χ4n) is 1.82. The highest BCUT2D eigenvalue weighted by atomic mass is 79.9. The first kappa shape index (κ1) is 17.2. The van der Waals surface area contributed by atoms with Crippen LogP contribution in [0.25, 0.3) is 4.85 Å². The molecule has 0 aromatic carbocycles. The summed E-state index contributed by atoms with van der Waals surface area (Å²) in [5.74, 6) is 2.33. The zero-order valence-electron chi connectivity index (χ0n) is 10.9. The SMILES string of the molecule is C#CCBr.[C-]#[N+]C(C#N)=C1CCC(NC(C)=O)CC1. The molecule has 1 rings (SSSR count). The molecular formula is C14H16BrN3O. The van der Waals surface area contributed by atoms with Crippen LogP contribution in [0.4, 0.5) is 0 Å². The zero-order valence-corrected chi connectivity index (χ0v) is 12.5. The predicted octanol–water partition coefficient (Wildman–Crippen LogP) is 2.78. The largest absolute Gasteiger partial charge is 0.354 e. The maximum atomic E-state index is 10.8. The minimum atomic E-state index is -0.0156. The molecule has 1 amide bonds. The van der Waals surface area contributed by atoms with Crippen molar-refractivity contribution in [1.82, 2.24) is 5.32 Å². The van der Waals surface area contributed by atoms with Gasteiger partial charge in [-0.1, -0.05) is 27.4 Å². The number of carbonyl (C=O) groups excluding carboxylic acids is 1. The maximum Gasteiger partial charge on any atom is 0.261 e. The van der Waals surface area contributed by atoms with Gasteiger partial charge in [-0.3, -0.25) is 4.79 Å². The Morgan fingerprint density at radius 2 is 2.16 bits per heavy atom. The number of amides is 1. The van der Waals surface area contributed by atoms with Crippen LogP contribution < -0.4 is 5.32 Å². The molecule has 0 spiro atoms. The number of hydrogen-bond donors (Lipinski definition) is 1. The average molecular weight is 322 g/mol. The van der Waals surface area contributed by atoms with Crippen molar-refractivity contribution < 1.29 is 4.79 Å². The van der Waals surface area contributed by atoms with Crippen LogP contribution in [0.3, 0.4) is 0 Å². The van der Waals surface area contributed by atoms with Gasteiger partial charge >= 0.3 is 0 Å². The number of hydrogen-bond acceptors (Lipinski definition) is 2. The van der Waals surface area contributed by atoms with E-state index in [2.05, 4.69) is 32.0 Å². The third-order valence-corrected chi connectivity index (χ3v) is 2.95. The van der Waals surface area contributed by atoms with E-state index in [1.165, 1.54) is 6.92 Å². The molecule has 0 radical (unpaired) electrons. The Hall–Kier alpha value is -1.77. The number of rotatable bonds is 1. The van der Waals surface area contributed by atoms with E-state index in [0.717, 1.165) is 31.3 Å².